The van der Waals surface area contributed by atoms with Gasteiger partial charge in [-0.3, -0.25) is 19.2 Å². The van der Waals surface area contributed by atoms with E-state index < -0.39 is 65.1 Å². The van der Waals surface area contributed by atoms with Gasteiger partial charge in [-0.25, -0.2) is 13.8 Å². The highest BCUT2D eigenvalue weighted by Crippen LogP contribution is 2.26. The number of benzene rings is 2. The van der Waals surface area contributed by atoms with Crippen LogP contribution in [0.15, 0.2) is 48.5 Å². The number of ketones is 1. The van der Waals surface area contributed by atoms with E-state index >= 15 is 0 Å². The molecule has 0 bridgehead atoms. The van der Waals surface area contributed by atoms with Gasteiger partial charge in [-0.05, 0) is 36.2 Å². The van der Waals surface area contributed by atoms with E-state index in [1.165, 1.54) is 0 Å². The van der Waals surface area contributed by atoms with E-state index in [1.54, 1.807) is 19.9 Å². The number of pyridine rings is 1. The molecule has 1 heterocycles. The van der Waals surface area contributed by atoms with Gasteiger partial charge in [-0.1, -0.05) is 32.0 Å². The Morgan fingerprint density at radius 1 is 1.00 bits per heavy atom. The first-order chi connectivity index (χ1) is 18.0. The second-order valence-corrected chi connectivity index (χ2v) is 8.79. The lowest BCUT2D eigenvalue weighted by Crippen LogP contribution is -2.50. The smallest absolute Gasteiger partial charge is 0.308 e. The Bertz CT molecular complexity index is 1380. The highest BCUT2D eigenvalue weighted by molar-refractivity contribution is 6.04. The van der Waals surface area contributed by atoms with Gasteiger partial charge < -0.3 is 20.1 Å². The number of nitrogens with zero attached hydrogens (tertiary/aromatic N) is 1. The number of ether oxygens (including phenoxy) is 2. The molecule has 0 unspecified atom stereocenters. The van der Waals surface area contributed by atoms with E-state index in [0.29, 0.717) is 11.3 Å². The number of esters is 2. The third-order valence-corrected chi connectivity index (χ3v) is 5.64. The van der Waals surface area contributed by atoms with Crippen LogP contribution in [0.5, 0.6) is 5.75 Å². The van der Waals surface area contributed by atoms with Crippen molar-refractivity contribution in [2.45, 2.75) is 39.3 Å². The van der Waals surface area contributed by atoms with Gasteiger partial charge in [0.2, 0.25) is 11.7 Å². The van der Waals surface area contributed by atoms with Crippen LogP contribution in [0.3, 0.4) is 0 Å². The summed E-state index contributed by atoms with van der Waals surface area (Å²) in [5, 5.41) is 6.42. The highest BCUT2D eigenvalue weighted by Gasteiger charge is 2.33. The first-order valence-electron chi connectivity index (χ1n) is 11.7. The van der Waals surface area contributed by atoms with Crippen LogP contribution in [0.4, 0.5) is 14.6 Å². The van der Waals surface area contributed by atoms with Gasteiger partial charge in [0.1, 0.15) is 17.9 Å². The number of methoxy groups -OCH3 is 1. The van der Waals surface area contributed by atoms with Gasteiger partial charge in [0.25, 0.3) is 0 Å². The molecule has 1 amide bonds. The van der Waals surface area contributed by atoms with E-state index in [-0.39, 0.29) is 5.92 Å². The molecule has 2 N–H and O–H groups in total. The fraction of sp³-hybridized carbons (Fsp3) is 0.296. The molecule has 200 valence electrons. The Morgan fingerprint density at radius 2 is 1.71 bits per heavy atom. The molecule has 38 heavy (non-hydrogen) atoms. The summed E-state index contributed by atoms with van der Waals surface area (Å²) in [6.07, 6.45) is -0.625. The summed E-state index contributed by atoms with van der Waals surface area (Å²) >= 11 is 0. The van der Waals surface area contributed by atoms with E-state index in [1.807, 2.05) is 30.3 Å². The zero-order chi connectivity index (χ0) is 28.0. The summed E-state index contributed by atoms with van der Waals surface area (Å²) in [7, 11) is 1.09. The number of halogens is 2. The zero-order valence-corrected chi connectivity index (χ0v) is 21.2. The predicted molar refractivity (Wildman–Crippen MR) is 135 cm³/mol. The third-order valence-electron chi connectivity index (χ3n) is 5.64. The number of carbonyl (C=O) groups excluding carboxylic acids is 4. The van der Waals surface area contributed by atoms with E-state index in [0.717, 1.165) is 31.6 Å². The van der Waals surface area contributed by atoms with Gasteiger partial charge in [-0.15, -0.1) is 0 Å². The average Bonchev–Trinajstić information content (AvgIpc) is 2.88. The van der Waals surface area contributed by atoms with E-state index in [9.17, 15) is 28.0 Å². The first-order valence-corrected chi connectivity index (χ1v) is 11.7. The lowest BCUT2D eigenvalue weighted by molar-refractivity contribution is -0.141. The van der Waals surface area contributed by atoms with Crippen molar-refractivity contribution in [3.05, 3.63) is 65.7 Å². The van der Waals surface area contributed by atoms with Crippen LogP contribution in [0.2, 0.25) is 0 Å². The molecule has 1 aromatic heterocycles. The molecule has 9 nitrogen and oxygen atoms in total. The summed E-state index contributed by atoms with van der Waals surface area (Å²) in [5.41, 5.74) is 0.0247. The van der Waals surface area contributed by atoms with Gasteiger partial charge in [0, 0.05) is 12.3 Å². The monoisotopic (exact) mass is 527 g/mol. The molecular formula is C27H27F2N3O6. The van der Waals surface area contributed by atoms with Crippen LogP contribution in [0.25, 0.3) is 10.9 Å². The van der Waals surface area contributed by atoms with Crippen LogP contribution in [-0.2, 0) is 19.1 Å². The van der Waals surface area contributed by atoms with Crippen molar-refractivity contribution in [3.8, 4) is 5.75 Å². The molecule has 2 atom stereocenters. The Kier molecular flexibility index (Phi) is 9.06. The van der Waals surface area contributed by atoms with Crippen LogP contribution >= 0.6 is 0 Å². The van der Waals surface area contributed by atoms with Crippen LogP contribution < -0.4 is 15.4 Å². The van der Waals surface area contributed by atoms with Gasteiger partial charge in [-0.2, -0.15) is 0 Å². The highest BCUT2D eigenvalue weighted by atomic mass is 19.1. The maximum absolute atomic E-state index is 15.0. The summed E-state index contributed by atoms with van der Waals surface area (Å²) < 4.78 is 38.2. The summed E-state index contributed by atoms with van der Waals surface area (Å²) in [4.78, 5) is 54.3. The number of Topliss-reactive ketones (excluding diaryl/α,β-unsaturated/α-hetero) is 1. The second-order valence-electron chi connectivity index (χ2n) is 8.79. The second kappa shape index (κ2) is 12.2. The minimum absolute atomic E-state index is 0.296. The number of nitrogens with one attached hydrogen (secondary N) is 2. The molecule has 0 fully saturated rings. The van der Waals surface area contributed by atoms with E-state index in [2.05, 4.69) is 25.1 Å². The maximum Gasteiger partial charge on any atom is 0.308 e. The van der Waals surface area contributed by atoms with Gasteiger partial charge >= 0.3 is 11.9 Å². The Hall–Kier alpha value is -4.41. The topological polar surface area (TPSA) is 124 Å². The lowest BCUT2D eigenvalue weighted by Gasteiger charge is -2.25. The van der Waals surface area contributed by atoms with Crippen molar-refractivity contribution in [2.24, 2.45) is 5.92 Å². The molecule has 0 aliphatic heterocycles. The Morgan fingerprint density at radius 3 is 2.37 bits per heavy atom. The molecule has 3 aromatic rings. The number of rotatable bonds is 10. The molecular weight excluding hydrogens is 500 g/mol. The van der Waals surface area contributed by atoms with Gasteiger partial charge in [0.05, 0.1) is 24.6 Å². The molecule has 0 aliphatic carbocycles. The average molecular weight is 528 g/mol. The summed E-state index contributed by atoms with van der Waals surface area (Å²) in [5.74, 6) is -7.14. The van der Waals surface area contributed by atoms with E-state index in [4.69, 9.17) is 0 Å². The number of hydrogen-bond acceptors (Lipinski definition) is 8. The summed E-state index contributed by atoms with van der Waals surface area (Å²) in [6, 6.07) is 10.1. The number of aromatic nitrogens is 1. The van der Waals surface area contributed by atoms with Crippen molar-refractivity contribution in [1.82, 2.24) is 10.3 Å². The van der Waals surface area contributed by atoms with Crippen LogP contribution in [-0.4, -0.2) is 47.8 Å². The number of para-hydroxylation sites is 1. The number of carbonyl (C=O) groups is 4. The van der Waals surface area contributed by atoms with Crippen molar-refractivity contribution in [2.75, 3.05) is 12.4 Å². The van der Waals surface area contributed by atoms with Crippen LogP contribution in [0.1, 0.15) is 37.6 Å². The minimum atomic E-state index is -1.56. The Balaban J connectivity index is 1.89. The normalized spacial score (nSPS) is 12.5. The first kappa shape index (κ1) is 28.2. The largest absolute Gasteiger partial charge is 0.469 e. The molecule has 2 aromatic carbocycles. The zero-order valence-electron chi connectivity index (χ0n) is 21.2. The predicted octanol–water partition coefficient (Wildman–Crippen LogP) is 3.81. The number of hydrogen-bond donors (Lipinski definition) is 2. The molecule has 0 spiro atoms. The number of fused-ring (bicyclic) bond motifs is 1. The van der Waals surface area contributed by atoms with Crippen molar-refractivity contribution in [1.29, 1.82) is 0 Å². The molecule has 0 saturated heterocycles. The van der Waals surface area contributed by atoms with Crippen molar-refractivity contribution >= 4 is 40.3 Å². The maximum atomic E-state index is 15.0. The van der Waals surface area contributed by atoms with Crippen molar-refractivity contribution < 1.29 is 37.4 Å². The minimum Gasteiger partial charge on any atom is -0.469 e. The molecule has 11 heteroatoms. The quantitative estimate of drug-likeness (QED) is 0.232. The van der Waals surface area contributed by atoms with Gasteiger partial charge in [0.15, 0.2) is 17.4 Å². The van der Waals surface area contributed by atoms with Crippen LogP contribution in [0, 0.1) is 17.6 Å². The molecule has 3 rings (SSSR count). The fourth-order valence-electron chi connectivity index (χ4n) is 3.71. The Labute approximate surface area is 217 Å². The SMILES string of the molecule is COC(=O)C[C@H](NC(=O)[C@@H](Nc1ccc2ccccc2n1)C(C)C)C(=O)c1ccc(F)c(OC(C)=O)c1F. The third kappa shape index (κ3) is 6.67. The number of amides is 1. The molecule has 0 aliphatic rings. The molecule has 0 saturated carbocycles. The summed E-state index contributed by atoms with van der Waals surface area (Å²) in [6.45, 7) is 4.47. The number of anilines is 1. The standard InChI is InChI=1S/C27H27F2N3O6/c1-14(2)24(32-21-12-9-16-7-5-6-8-19(16)30-21)27(36)31-20(13-22(34)37-4)25(35)17-10-11-18(28)26(23(17)29)38-15(3)33/h5-12,14,20,24H,13H2,1-4H3,(H,30,32)(H,31,36)/t20-,24-/m0/s1. The van der Waals surface area contributed by atoms with Crippen molar-refractivity contribution in [3.63, 3.8) is 0 Å². The fourth-order valence-corrected chi connectivity index (χ4v) is 3.71. The lowest BCUT2D eigenvalue weighted by atomic mass is 9.98. The molecule has 0 radical (unpaired) electrons.